The molecule has 0 saturated carbocycles. The number of H-pyrrole nitrogens is 1. The third-order valence-electron chi connectivity index (χ3n) is 2.63. The predicted octanol–water partition coefficient (Wildman–Crippen LogP) is 1.26. The Morgan fingerprint density at radius 2 is 2.47 bits per heavy atom. The quantitative estimate of drug-likeness (QED) is 0.759. The van der Waals surface area contributed by atoms with Gasteiger partial charge in [-0.2, -0.15) is 15.4 Å². The largest absolute Gasteiger partial charge is 0.323 e. The van der Waals surface area contributed by atoms with Gasteiger partial charge in [-0.1, -0.05) is 0 Å². The maximum atomic E-state index is 6.01. The molecule has 2 aromatic heterocycles. The Morgan fingerprint density at radius 1 is 1.53 bits per heavy atom. The highest BCUT2D eigenvalue weighted by molar-refractivity contribution is 7.15. The summed E-state index contributed by atoms with van der Waals surface area (Å²) < 4.78 is 0. The lowest BCUT2D eigenvalue weighted by molar-refractivity contribution is 0.564. The molecule has 1 aliphatic carbocycles. The number of nitrogens with zero attached hydrogens (tertiary/aromatic N) is 3. The number of aromatic amines is 1. The van der Waals surface area contributed by atoms with Crippen LogP contribution in [0.5, 0.6) is 0 Å². The van der Waals surface area contributed by atoms with Crippen LogP contribution < -0.4 is 5.73 Å². The average Bonchev–Trinajstić information content (AvgIpc) is 2.86. The SMILES string of the molecule is NC1CCCc2sc(-c3cn[nH]n3)nc21. The van der Waals surface area contributed by atoms with Crippen LogP contribution in [0.3, 0.4) is 0 Å². The number of thiazole rings is 1. The van der Waals surface area contributed by atoms with Gasteiger partial charge in [0.25, 0.3) is 0 Å². The molecule has 0 aromatic carbocycles. The van der Waals surface area contributed by atoms with E-state index in [0.717, 1.165) is 35.7 Å². The average molecular weight is 221 g/mol. The number of nitrogens with two attached hydrogens (primary N) is 1. The number of aryl methyl sites for hydroxylation is 1. The fourth-order valence-corrected chi connectivity index (χ4v) is 2.99. The van der Waals surface area contributed by atoms with E-state index in [4.69, 9.17) is 5.73 Å². The second-order valence-corrected chi connectivity index (χ2v) is 4.77. The van der Waals surface area contributed by atoms with Crippen molar-refractivity contribution in [2.24, 2.45) is 5.73 Å². The van der Waals surface area contributed by atoms with Crippen LogP contribution in [0.25, 0.3) is 10.7 Å². The van der Waals surface area contributed by atoms with E-state index in [1.165, 1.54) is 4.88 Å². The molecule has 0 aliphatic heterocycles. The summed E-state index contributed by atoms with van der Waals surface area (Å²) in [5.74, 6) is 0. The van der Waals surface area contributed by atoms with Crippen LogP contribution in [0.4, 0.5) is 0 Å². The van der Waals surface area contributed by atoms with Gasteiger partial charge in [0.2, 0.25) is 0 Å². The Labute approximate surface area is 90.7 Å². The number of hydrogen-bond acceptors (Lipinski definition) is 5. The molecule has 1 atom stereocenters. The van der Waals surface area contributed by atoms with Crippen LogP contribution in [0.15, 0.2) is 6.20 Å². The number of hydrogen-bond donors (Lipinski definition) is 2. The van der Waals surface area contributed by atoms with E-state index in [1.54, 1.807) is 17.5 Å². The highest BCUT2D eigenvalue weighted by Gasteiger charge is 2.22. The summed E-state index contributed by atoms with van der Waals surface area (Å²) in [6, 6.07) is 0.102. The van der Waals surface area contributed by atoms with Gasteiger partial charge < -0.3 is 5.73 Å². The van der Waals surface area contributed by atoms with E-state index in [-0.39, 0.29) is 6.04 Å². The monoisotopic (exact) mass is 221 g/mol. The van der Waals surface area contributed by atoms with Crippen molar-refractivity contribution in [3.05, 3.63) is 16.8 Å². The van der Waals surface area contributed by atoms with Gasteiger partial charge in [-0.15, -0.1) is 11.3 Å². The molecule has 0 bridgehead atoms. The molecule has 0 saturated heterocycles. The first kappa shape index (κ1) is 8.99. The summed E-state index contributed by atoms with van der Waals surface area (Å²) in [5.41, 5.74) is 7.88. The molecular formula is C9H11N5S. The Morgan fingerprint density at radius 3 is 3.20 bits per heavy atom. The number of fused-ring (bicyclic) bond motifs is 1. The minimum Gasteiger partial charge on any atom is -0.323 e. The minimum absolute atomic E-state index is 0.102. The Hall–Kier alpha value is -1.27. The first-order valence-corrected chi connectivity index (χ1v) is 5.77. The van der Waals surface area contributed by atoms with Crippen molar-refractivity contribution in [2.45, 2.75) is 25.3 Å². The topological polar surface area (TPSA) is 80.5 Å². The van der Waals surface area contributed by atoms with Gasteiger partial charge in [0, 0.05) is 10.9 Å². The molecule has 0 radical (unpaired) electrons. The van der Waals surface area contributed by atoms with Crippen molar-refractivity contribution < 1.29 is 0 Å². The van der Waals surface area contributed by atoms with Crippen LogP contribution in [0.2, 0.25) is 0 Å². The molecular weight excluding hydrogens is 210 g/mol. The van der Waals surface area contributed by atoms with Crippen LogP contribution in [-0.4, -0.2) is 20.4 Å². The molecule has 3 rings (SSSR count). The molecule has 2 aromatic rings. The maximum absolute atomic E-state index is 6.01. The van der Waals surface area contributed by atoms with Crippen molar-refractivity contribution >= 4 is 11.3 Å². The highest BCUT2D eigenvalue weighted by atomic mass is 32.1. The smallest absolute Gasteiger partial charge is 0.146 e. The van der Waals surface area contributed by atoms with E-state index < -0.39 is 0 Å². The van der Waals surface area contributed by atoms with E-state index >= 15 is 0 Å². The van der Waals surface area contributed by atoms with Gasteiger partial charge in [0.1, 0.15) is 10.7 Å². The zero-order valence-electron chi connectivity index (χ0n) is 8.10. The van der Waals surface area contributed by atoms with Crippen LogP contribution in [0.1, 0.15) is 29.5 Å². The van der Waals surface area contributed by atoms with Gasteiger partial charge in [-0.25, -0.2) is 4.98 Å². The normalized spacial score (nSPS) is 20.2. The van der Waals surface area contributed by atoms with Crippen LogP contribution in [-0.2, 0) is 6.42 Å². The van der Waals surface area contributed by atoms with Crippen LogP contribution in [0, 0.1) is 0 Å². The molecule has 5 nitrogen and oxygen atoms in total. The van der Waals surface area contributed by atoms with E-state index in [2.05, 4.69) is 20.4 Å². The third-order valence-corrected chi connectivity index (χ3v) is 3.79. The Kier molecular flexibility index (Phi) is 2.03. The fourth-order valence-electron chi connectivity index (χ4n) is 1.87. The first-order chi connectivity index (χ1) is 7.34. The van der Waals surface area contributed by atoms with Gasteiger partial charge in [0.05, 0.1) is 11.9 Å². The van der Waals surface area contributed by atoms with E-state index in [1.807, 2.05) is 0 Å². The molecule has 1 unspecified atom stereocenters. The van der Waals surface area contributed by atoms with E-state index in [0.29, 0.717) is 0 Å². The molecule has 0 spiro atoms. The molecule has 15 heavy (non-hydrogen) atoms. The summed E-state index contributed by atoms with van der Waals surface area (Å²) in [6.07, 6.45) is 4.98. The summed E-state index contributed by atoms with van der Waals surface area (Å²) >= 11 is 1.68. The lowest BCUT2D eigenvalue weighted by atomic mass is 9.99. The van der Waals surface area contributed by atoms with Crippen molar-refractivity contribution in [3.63, 3.8) is 0 Å². The van der Waals surface area contributed by atoms with Crippen LogP contribution >= 0.6 is 11.3 Å². The fraction of sp³-hybridized carbons (Fsp3) is 0.444. The maximum Gasteiger partial charge on any atom is 0.146 e. The van der Waals surface area contributed by atoms with Gasteiger partial charge >= 0.3 is 0 Å². The lowest BCUT2D eigenvalue weighted by Gasteiger charge is -2.15. The van der Waals surface area contributed by atoms with Gasteiger partial charge in [-0.05, 0) is 19.3 Å². The standard InChI is InChI=1S/C9H11N5S/c10-5-2-1-3-7-8(5)12-9(15-7)6-4-11-14-13-6/h4-5H,1-3,10H2,(H,11,13,14). The van der Waals surface area contributed by atoms with Gasteiger partial charge in [0.15, 0.2) is 0 Å². The molecule has 0 amide bonds. The highest BCUT2D eigenvalue weighted by Crippen LogP contribution is 2.35. The van der Waals surface area contributed by atoms with Gasteiger partial charge in [-0.3, -0.25) is 0 Å². The summed E-state index contributed by atoms with van der Waals surface area (Å²) in [7, 11) is 0. The Balaban J connectivity index is 2.06. The molecule has 1 aliphatic rings. The zero-order valence-corrected chi connectivity index (χ0v) is 8.92. The molecule has 6 heteroatoms. The third kappa shape index (κ3) is 1.46. The number of nitrogens with one attached hydrogen (secondary N) is 1. The summed E-state index contributed by atoms with van der Waals surface area (Å²) in [5, 5.41) is 11.3. The first-order valence-electron chi connectivity index (χ1n) is 4.96. The van der Waals surface area contributed by atoms with Crippen molar-refractivity contribution in [2.75, 3.05) is 0 Å². The van der Waals surface area contributed by atoms with Crippen molar-refractivity contribution in [3.8, 4) is 10.7 Å². The lowest BCUT2D eigenvalue weighted by Crippen LogP contribution is -2.16. The molecule has 2 heterocycles. The van der Waals surface area contributed by atoms with E-state index in [9.17, 15) is 0 Å². The van der Waals surface area contributed by atoms with Crippen molar-refractivity contribution in [1.82, 2.24) is 20.4 Å². The summed E-state index contributed by atoms with van der Waals surface area (Å²) in [6.45, 7) is 0. The molecule has 0 fully saturated rings. The molecule has 78 valence electrons. The number of rotatable bonds is 1. The molecule has 3 N–H and O–H groups in total. The van der Waals surface area contributed by atoms with Crippen molar-refractivity contribution in [1.29, 1.82) is 0 Å². The Bertz CT molecular complexity index is 461. The summed E-state index contributed by atoms with van der Waals surface area (Å²) in [4.78, 5) is 5.86. The predicted molar refractivity (Wildman–Crippen MR) is 57.4 cm³/mol. The second kappa shape index (κ2) is 3.39. The zero-order chi connectivity index (χ0) is 10.3. The minimum atomic E-state index is 0.102. The second-order valence-electron chi connectivity index (χ2n) is 3.68. The number of aromatic nitrogens is 4.